The number of anilines is 2. The number of amides is 2. The Hall–Kier alpha value is -1.95. The number of hydrogen-bond acceptors (Lipinski definition) is 3. The smallest absolute Gasteiger partial charge is 0.229 e. The number of carbonyl (C=O) groups excluding carboxylic acids is 2. The maximum absolute atomic E-state index is 14.1. The van der Waals surface area contributed by atoms with Crippen LogP contribution in [0.1, 0.15) is 18.9 Å². The first kappa shape index (κ1) is 14.0. The summed E-state index contributed by atoms with van der Waals surface area (Å²) < 4.78 is 14.1. The van der Waals surface area contributed by atoms with Gasteiger partial charge in [0.2, 0.25) is 11.8 Å². The molecule has 1 saturated heterocycles. The number of rotatable bonds is 2. The second kappa shape index (κ2) is 5.44. The lowest BCUT2D eigenvalue weighted by atomic mass is 9.97. The number of hydrogen-bond donors (Lipinski definition) is 3. The molecule has 2 atom stereocenters. The Morgan fingerprint density at radius 2 is 2.14 bits per heavy atom. The molecule has 2 heterocycles. The van der Waals surface area contributed by atoms with Crippen molar-refractivity contribution in [1.29, 1.82) is 0 Å². The molecular weight excluding hydrogens is 273 g/mol. The number of carbonyl (C=O) groups is 2. The largest absolute Gasteiger partial charge is 0.326 e. The van der Waals surface area contributed by atoms with Crippen LogP contribution in [0.5, 0.6) is 0 Å². The zero-order valence-electron chi connectivity index (χ0n) is 11.8. The molecule has 1 fully saturated rings. The SMILES string of the molecule is C[C@@H]1CNC[C@H]1C(=O)Nc1cc2c(cc1F)CCC(=O)N2. The monoisotopic (exact) mass is 291 g/mol. The Bertz CT molecular complexity index is 603. The molecule has 0 bridgehead atoms. The maximum atomic E-state index is 14.1. The lowest BCUT2D eigenvalue weighted by Gasteiger charge is -2.20. The highest BCUT2D eigenvalue weighted by molar-refractivity contribution is 5.97. The van der Waals surface area contributed by atoms with E-state index in [2.05, 4.69) is 16.0 Å². The molecular formula is C15H18FN3O2. The molecule has 0 unspecified atom stereocenters. The van der Waals surface area contributed by atoms with Crippen molar-refractivity contribution in [3.05, 3.63) is 23.5 Å². The average Bonchev–Trinajstić information content (AvgIpc) is 2.86. The minimum atomic E-state index is -0.461. The van der Waals surface area contributed by atoms with E-state index in [0.717, 1.165) is 12.1 Å². The lowest BCUT2D eigenvalue weighted by molar-refractivity contribution is -0.120. The summed E-state index contributed by atoms with van der Waals surface area (Å²) in [5.74, 6) is -0.661. The fourth-order valence-corrected chi connectivity index (χ4v) is 2.88. The Balaban J connectivity index is 1.80. The highest BCUT2D eigenvalue weighted by Gasteiger charge is 2.30. The summed E-state index contributed by atoms with van der Waals surface area (Å²) in [6.45, 7) is 3.39. The Morgan fingerprint density at radius 1 is 1.33 bits per heavy atom. The molecule has 112 valence electrons. The average molecular weight is 291 g/mol. The van der Waals surface area contributed by atoms with E-state index in [1.54, 1.807) is 0 Å². The highest BCUT2D eigenvalue weighted by Crippen LogP contribution is 2.29. The van der Waals surface area contributed by atoms with Gasteiger partial charge in [-0.1, -0.05) is 6.92 Å². The third kappa shape index (κ3) is 2.76. The van der Waals surface area contributed by atoms with Crippen LogP contribution in [-0.2, 0) is 16.0 Å². The summed E-state index contributed by atoms with van der Waals surface area (Å²) >= 11 is 0. The molecule has 0 radical (unpaired) electrons. The van der Waals surface area contributed by atoms with Gasteiger partial charge in [-0.2, -0.15) is 0 Å². The van der Waals surface area contributed by atoms with Gasteiger partial charge < -0.3 is 16.0 Å². The topological polar surface area (TPSA) is 70.2 Å². The third-order valence-corrected chi connectivity index (χ3v) is 4.20. The van der Waals surface area contributed by atoms with Crippen molar-refractivity contribution in [2.75, 3.05) is 23.7 Å². The molecule has 6 heteroatoms. The summed E-state index contributed by atoms with van der Waals surface area (Å²) in [5, 5.41) is 8.50. The van der Waals surface area contributed by atoms with Crippen LogP contribution in [0.4, 0.5) is 15.8 Å². The van der Waals surface area contributed by atoms with E-state index in [0.29, 0.717) is 25.1 Å². The summed E-state index contributed by atoms with van der Waals surface area (Å²) in [4.78, 5) is 23.6. The van der Waals surface area contributed by atoms with Crippen LogP contribution in [0.25, 0.3) is 0 Å². The molecule has 2 amide bonds. The van der Waals surface area contributed by atoms with Crippen molar-refractivity contribution >= 4 is 23.2 Å². The molecule has 1 aromatic carbocycles. The first-order valence-corrected chi connectivity index (χ1v) is 7.18. The van der Waals surface area contributed by atoms with Gasteiger partial charge in [0.1, 0.15) is 5.82 Å². The second-order valence-electron chi connectivity index (χ2n) is 5.77. The standard InChI is InChI=1S/C15H18FN3O2/c1-8-6-17-7-10(8)15(21)19-13-5-12-9(4-11(13)16)2-3-14(20)18-12/h4-5,8,10,17H,2-3,6-7H2,1H3,(H,18,20)(H,19,21)/t8-,10-/m1/s1. The van der Waals surface area contributed by atoms with Crippen LogP contribution < -0.4 is 16.0 Å². The Kier molecular flexibility index (Phi) is 3.63. The van der Waals surface area contributed by atoms with Gasteiger partial charge in [-0.25, -0.2) is 4.39 Å². The van der Waals surface area contributed by atoms with Gasteiger partial charge in [0, 0.05) is 18.7 Å². The zero-order chi connectivity index (χ0) is 15.0. The molecule has 1 aromatic rings. The van der Waals surface area contributed by atoms with E-state index in [1.807, 2.05) is 6.92 Å². The number of benzene rings is 1. The van der Waals surface area contributed by atoms with Gasteiger partial charge in [-0.15, -0.1) is 0 Å². The number of aryl methyl sites for hydroxylation is 1. The van der Waals surface area contributed by atoms with Gasteiger partial charge >= 0.3 is 0 Å². The van der Waals surface area contributed by atoms with Gasteiger partial charge in [-0.05, 0) is 36.6 Å². The molecule has 0 saturated carbocycles. The van der Waals surface area contributed by atoms with Gasteiger partial charge in [0.05, 0.1) is 11.6 Å². The molecule has 2 aliphatic heterocycles. The minimum Gasteiger partial charge on any atom is -0.326 e. The van der Waals surface area contributed by atoms with Gasteiger partial charge in [-0.3, -0.25) is 9.59 Å². The summed E-state index contributed by atoms with van der Waals surface area (Å²) in [5.41, 5.74) is 1.47. The zero-order valence-corrected chi connectivity index (χ0v) is 11.8. The first-order chi connectivity index (χ1) is 10.0. The van der Waals surface area contributed by atoms with Crippen molar-refractivity contribution in [3.63, 3.8) is 0 Å². The van der Waals surface area contributed by atoms with Gasteiger partial charge in [0.15, 0.2) is 0 Å². The number of halogens is 1. The second-order valence-corrected chi connectivity index (χ2v) is 5.77. The molecule has 21 heavy (non-hydrogen) atoms. The summed E-state index contributed by atoms with van der Waals surface area (Å²) in [7, 11) is 0. The summed E-state index contributed by atoms with van der Waals surface area (Å²) in [6, 6.07) is 2.90. The van der Waals surface area contributed by atoms with Crippen molar-refractivity contribution in [1.82, 2.24) is 5.32 Å². The molecule has 3 N–H and O–H groups in total. The lowest BCUT2D eigenvalue weighted by Crippen LogP contribution is -2.28. The van der Waals surface area contributed by atoms with Crippen LogP contribution in [0.3, 0.4) is 0 Å². The third-order valence-electron chi connectivity index (χ3n) is 4.20. The number of fused-ring (bicyclic) bond motifs is 1. The van der Waals surface area contributed by atoms with Crippen LogP contribution >= 0.6 is 0 Å². The fraction of sp³-hybridized carbons (Fsp3) is 0.467. The van der Waals surface area contributed by atoms with E-state index in [-0.39, 0.29) is 29.3 Å². The molecule has 3 rings (SSSR count). The van der Waals surface area contributed by atoms with Crippen molar-refractivity contribution in [3.8, 4) is 0 Å². The van der Waals surface area contributed by atoms with E-state index in [4.69, 9.17) is 0 Å². The van der Waals surface area contributed by atoms with E-state index >= 15 is 0 Å². The molecule has 0 aromatic heterocycles. The first-order valence-electron chi connectivity index (χ1n) is 7.18. The van der Waals surface area contributed by atoms with Crippen molar-refractivity contribution < 1.29 is 14.0 Å². The predicted octanol–water partition coefficient (Wildman–Crippen LogP) is 1.50. The summed E-state index contributed by atoms with van der Waals surface area (Å²) in [6.07, 6.45) is 0.888. The molecule has 2 aliphatic rings. The Morgan fingerprint density at radius 3 is 2.86 bits per heavy atom. The molecule has 0 aliphatic carbocycles. The van der Waals surface area contributed by atoms with Crippen LogP contribution in [0, 0.1) is 17.7 Å². The van der Waals surface area contributed by atoms with Crippen molar-refractivity contribution in [2.24, 2.45) is 11.8 Å². The van der Waals surface area contributed by atoms with E-state index < -0.39 is 5.82 Å². The van der Waals surface area contributed by atoms with Gasteiger partial charge in [0.25, 0.3) is 0 Å². The fourth-order valence-electron chi connectivity index (χ4n) is 2.88. The van der Waals surface area contributed by atoms with Crippen LogP contribution in [-0.4, -0.2) is 24.9 Å². The molecule has 5 nitrogen and oxygen atoms in total. The minimum absolute atomic E-state index is 0.0833. The Labute approximate surface area is 122 Å². The quantitative estimate of drug-likeness (QED) is 0.773. The van der Waals surface area contributed by atoms with E-state index in [1.165, 1.54) is 12.1 Å². The number of nitrogens with one attached hydrogen (secondary N) is 3. The highest BCUT2D eigenvalue weighted by atomic mass is 19.1. The van der Waals surface area contributed by atoms with Crippen LogP contribution in [0.15, 0.2) is 12.1 Å². The van der Waals surface area contributed by atoms with Crippen molar-refractivity contribution in [2.45, 2.75) is 19.8 Å². The van der Waals surface area contributed by atoms with Crippen LogP contribution in [0.2, 0.25) is 0 Å². The van der Waals surface area contributed by atoms with E-state index in [9.17, 15) is 14.0 Å². The normalized spacial score (nSPS) is 24.4. The predicted molar refractivity (Wildman–Crippen MR) is 77.5 cm³/mol. The maximum Gasteiger partial charge on any atom is 0.229 e. The molecule has 0 spiro atoms.